The standard InChI is InChI=1S/C21H15F2N3O2.C21H21F2N3O2.C21H15F2N3OS.C19H15F2N3O.C16H10F2N2O2/c22-14-4-1-3-13(11-14)6-8-17-19-18(26-25-17)9-7-16(20(19)23)21(27)24-12-15-5-2-10-28-15;1-12(2)18(11-27)24-21(28)15-7-9-17-19(20(15)23)16(25-26-17)8-6-13-4-3-5-14(22)10-13;22-14-4-1-3-13(11-14)6-8-17-19-18(26-25-17)9-7-16(20(19)23)21(27)24-12-15-5-2-10-28-15;20-12-3-1-2-11(10-12)4-8-15-17-16(24-23-15)9-7-14(18(17)21)19(25)22-13-5-6-13;17-10-3-1-2-9(8-10)4-6-12-14-13(20-19-12)7-5-11(15(14)18)16(21)22/h1-11H,12H2,(H,24,27)(H,25,26);3-10,12,18,27H,11H2,1-2H3,(H,24,28)(H,25,26);1-11H,12H2,(H,24,27)(H,25,26);1-4,7-10,13H,5-6H2,(H,22,25)(H,23,24);1-8H,(H,19,20)(H,21,22)/b3*8-6+;8-4+;6-4+/t;18-;;;/m.1.../s1. The molecular weight excluding hydrogens is 1720 g/mol. The van der Waals surface area contributed by atoms with Crippen molar-refractivity contribution in [3.8, 4) is 0 Å². The van der Waals surface area contributed by atoms with Crippen molar-refractivity contribution in [1.29, 1.82) is 0 Å². The number of aliphatic hydroxyl groups is 1. The molecule has 0 spiro atoms. The van der Waals surface area contributed by atoms with Crippen LogP contribution in [0.15, 0.2) is 222 Å². The fourth-order valence-electron chi connectivity index (χ4n) is 13.4. The van der Waals surface area contributed by atoms with Crippen molar-refractivity contribution in [3.05, 3.63) is 371 Å². The van der Waals surface area contributed by atoms with Gasteiger partial charge in [0, 0.05) is 10.9 Å². The van der Waals surface area contributed by atoms with Crippen LogP contribution in [0.4, 0.5) is 43.9 Å². The molecule has 10 aromatic carbocycles. The Morgan fingerprint density at radius 1 is 0.397 bits per heavy atom. The average Bonchev–Trinajstić information content (AvgIpc) is 1.67. The largest absolute Gasteiger partial charge is 0.478 e. The van der Waals surface area contributed by atoms with Crippen LogP contribution in [0.3, 0.4) is 0 Å². The van der Waals surface area contributed by atoms with Gasteiger partial charge in [0.25, 0.3) is 23.6 Å². The van der Waals surface area contributed by atoms with Gasteiger partial charge >= 0.3 is 5.97 Å². The van der Waals surface area contributed by atoms with Crippen molar-refractivity contribution in [1.82, 2.24) is 72.3 Å². The first-order valence-electron chi connectivity index (χ1n) is 40.4. The van der Waals surface area contributed by atoms with Gasteiger partial charge in [-0.2, -0.15) is 25.5 Å². The molecular formula is C98H76F10N14O8S. The number of hydrogen-bond donors (Lipinski definition) is 11. The Bertz CT molecular complexity index is 7030. The number of benzene rings is 10. The molecule has 33 heteroatoms. The van der Waals surface area contributed by atoms with Crippen LogP contribution in [0.1, 0.15) is 145 Å². The first-order valence-corrected chi connectivity index (χ1v) is 41.3. The fraction of sp³-hybridized carbons (Fsp3) is 0.102. The molecule has 7 heterocycles. The molecule has 0 bridgehead atoms. The van der Waals surface area contributed by atoms with E-state index in [4.69, 9.17) is 9.52 Å². The SMILES string of the molecule is CC(C)[C@@H](CO)NC(=O)c1ccc2[nH]nc(/C=C/c3cccc(F)c3)c2c1F.O=C(NC1CC1)c1ccc2[nH]nc(/C=C/c3cccc(F)c3)c2c1F.O=C(NCc1ccco1)c1ccc2[nH]nc(/C=C/c3cccc(F)c3)c2c1F.O=C(NCc1cccs1)c1ccc2[nH]nc(/C=C/c3cccc(F)c3)c2c1F.O=C(O)c1ccc2[nH]nc(/C=C/c3cccc(F)c3)c2c1F. The molecule has 1 fully saturated rings. The molecule has 11 N–H and O–H groups in total. The number of carboxylic acid groups (broad SMARTS) is 1. The van der Waals surface area contributed by atoms with E-state index in [-0.39, 0.29) is 109 Å². The molecule has 1 aliphatic carbocycles. The quantitative estimate of drug-likeness (QED) is 0.0266. The van der Waals surface area contributed by atoms with E-state index in [0.717, 1.165) is 17.7 Å². The number of aromatic nitrogens is 10. The van der Waals surface area contributed by atoms with Crippen LogP contribution in [-0.4, -0.2) is 109 Å². The second-order valence-corrected chi connectivity index (χ2v) is 30.9. The molecule has 0 radical (unpaired) electrons. The number of thiophene rings is 1. The molecule has 18 rings (SSSR count). The molecule has 4 amide bonds. The second kappa shape index (κ2) is 42.0. The van der Waals surface area contributed by atoms with Gasteiger partial charge < -0.3 is 35.9 Å². The number of amides is 4. The van der Waals surface area contributed by atoms with Gasteiger partial charge in [0.15, 0.2) is 0 Å². The number of carbonyl (C=O) groups is 5. The third-order valence-corrected chi connectivity index (χ3v) is 21.2. The maximum atomic E-state index is 15.1. The van der Waals surface area contributed by atoms with Crippen LogP contribution < -0.4 is 21.3 Å². The van der Waals surface area contributed by atoms with E-state index in [0.29, 0.717) is 90.5 Å². The smallest absolute Gasteiger partial charge is 0.338 e. The van der Waals surface area contributed by atoms with Crippen LogP contribution >= 0.6 is 11.3 Å². The van der Waals surface area contributed by atoms with E-state index in [1.54, 1.807) is 152 Å². The van der Waals surface area contributed by atoms with E-state index in [1.165, 1.54) is 121 Å². The molecule has 0 unspecified atom stereocenters. The van der Waals surface area contributed by atoms with Crippen molar-refractivity contribution in [2.24, 2.45) is 5.92 Å². The highest BCUT2D eigenvalue weighted by atomic mass is 32.1. The van der Waals surface area contributed by atoms with E-state index < -0.39 is 70.3 Å². The lowest BCUT2D eigenvalue weighted by Gasteiger charge is -2.20. The maximum absolute atomic E-state index is 15.1. The number of fused-ring (bicyclic) bond motifs is 5. The zero-order valence-corrected chi connectivity index (χ0v) is 69.9. The first kappa shape index (κ1) is 91.1. The molecule has 22 nitrogen and oxygen atoms in total. The average molecular weight is 1800 g/mol. The van der Waals surface area contributed by atoms with Crippen LogP contribution in [0.5, 0.6) is 0 Å². The highest BCUT2D eigenvalue weighted by Gasteiger charge is 2.28. The molecule has 17 aromatic rings. The topological polar surface area (TPSA) is 330 Å². The van der Waals surface area contributed by atoms with Crippen LogP contribution in [0, 0.1) is 64.1 Å². The van der Waals surface area contributed by atoms with Gasteiger partial charge in [0.05, 0.1) is 143 Å². The van der Waals surface area contributed by atoms with Gasteiger partial charge in [-0.1, -0.05) is 111 Å². The van der Waals surface area contributed by atoms with Gasteiger partial charge in [-0.15, -0.1) is 11.3 Å². The number of carboxylic acids is 1. The molecule has 662 valence electrons. The summed E-state index contributed by atoms with van der Waals surface area (Å²) in [6.45, 7) is 3.96. The Labute approximate surface area is 742 Å². The number of rotatable bonds is 23. The lowest BCUT2D eigenvalue weighted by atomic mass is 10.0. The number of carbonyl (C=O) groups excluding carboxylic acids is 4. The lowest BCUT2D eigenvalue weighted by Crippen LogP contribution is -2.41. The molecule has 131 heavy (non-hydrogen) atoms. The molecule has 1 atom stereocenters. The number of aliphatic hydroxyl groups excluding tert-OH is 1. The number of aromatic carboxylic acids is 1. The summed E-state index contributed by atoms with van der Waals surface area (Å²) in [5, 5.41) is 65.9. The summed E-state index contributed by atoms with van der Waals surface area (Å²) in [6.07, 6.45) is 19.3. The number of H-pyrrole nitrogens is 5. The van der Waals surface area contributed by atoms with E-state index in [2.05, 4.69) is 72.3 Å². The summed E-state index contributed by atoms with van der Waals surface area (Å²) in [5.74, 6) is -8.16. The monoisotopic (exact) mass is 1800 g/mol. The predicted molar refractivity (Wildman–Crippen MR) is 483 cm³/mol. The van der Waals surface area contributed by atoms with Gasteiger partial charge in [0.2, 0.25) is 0 Å². The van der Waals surface area contributed by atoms with Crippen molar-refractivity contribution in [3.63, 3.8) is 0 Å². The summed E-state index contributed by atoms with van der Waals surface area (Å²) >= 11 is 1.52. The van der Waals surface area contributed by atoms with Gasteiger partial charge in [-0.3, -0.25) is 44.7 Å². The lowest BCUT2D eigenvalue weighted by molar-refractivity contribution is 0.0690. The number of nitrogens with one attached hydrogen (secondary N) is 9. The number of halogens is 10. The van der Waals surface area contributed by atoms with Crippen LogP contribution in [0.25, 0.3) is 115 Å². The highest BCUT2D eigenvalue weighted by Crippen LogP contribution is 2.32. The van der Waals surface area contributed by atoms with Crippen LogP contribution in [-0.2, 0) is 13.1 Å². The molecule has 7 aromatic heterocycles. The highest BCUT2D eigenvalue weighted by molar-refractivity contribution is 7.09. The van der Waals surface area contributed by atoms with E-state index >= 15 is 13.2 Å². The van der Waals surface area contributed by atoms with E-state index in [1.807, 2.05) is 31.4 Å². The Balaban J connectivity index is 0.000000132. The molecule has 0 saturated heterocycles. The summed E-state index contributed by atoms with van der Waals surface area (Å²) in [4.78, 5) is 61.4. The molecule has 1 saturated carbocycles. The van der Waals surface area contributed by atoms with Crippen molar-refractivity contribution in [2.75, 3.05) is 6.61 Å². The summed E-state index contributed by atoms with van der Waals surface area (Å²) < 4.78 is 146. The van der Waals surface area contributed by atoms with Gasteiger partial charge in [-0.05, 0) is 222 Å². The minimum atomic E-state index is -1.35. The number of hydrogen-bond acceptors (Lipinski definition) is 13. The van der Waals surface area contributed by atoms with Crippen molar-refractivity contribution in [2.45, 2.75) is 51.9 Å². The van der Waals surface area contributed by atoms with Crippen molar-refractivity contribution < 1.29 is 82.5 Å². The minimum absolute atomic E-state index is 0.000528. The van der Waals surface area contributed by atoms with E-state index in [9.17, 15) is 59.8 Å². The zero-order chi connectivity index (χ0) is 92.4. The fourth-order valence-corrected chi connectivity index (χ4v) is 14.0. The van der Waals surface area contributed by atoms with Crippen LogP contribution in [0.2, 0.25) is 0 Å². The minimum Gasteiger partial charge on any atom is -0.478 e. The third-order valence-electron chi connectivity index (χ3n) is 20.3. The Morgan fingerprint density at radius 2 is 0.718 bits per heavy atom. The first-order chi connectivity index (χ1) is 63.3. The zero-order valence-electron chi connectivity index (χ0n) is 69.1. The van der Waals surface area contributed by atoms with Gasteiger partial charge in [-0.25, -0.2) is 48.7 Å². The number of aromatic amines is 5. The second-order valence-electron chi connectivity index (χ2n) is 29.8. The summed E-state index contributed by atoms with van der Waals surface area (Å²) in [6, 6.07) is 51.5. The maximum Gasteiger partial charge on any atom is 0.338 e. The molecule has 0 aliphatic heterocycles. The Kier molecular flexibility index (Phi) is 29.2. The molecule has 1 aliphatic rings. The summed E-state index contributed by atoms with van der Waals surface area (Å²) in [5.41, 5.74) is 6.20. The number of furan rings is 1. The van der Waals surface area contributed by atoms with Crippen molar-refractivity contribution >= 4 is 156 Å². The normalized spacial score (nSPS) is 12.2. The summed E-state index contributed by atoms with van der Waals surface area (Å²) in [7, 11) is 0. The third kappa shape index (κ3) is 22.8. The number of nitrogens with zero attached hydrogens (tertiary/aromatic N) is 5. The Morgan fingerprint density at radius 3 is 1.01 bits per heavy atom. The Hall–Kier alpha value is -16.2. The predicted octanol–water partition coefficient (Wildman–Crippen LogP) is 20.9. The van der Waals surface area contributed by atoms with Gasteiger partial charge in [0.1, 0.15) is 63.9 Å².